The smallest absolute Gasteiger partial charge is 0.234 e. The van der Waals surface area contributed by atoms with Crippen molar-refractivity contribution >= 4 is 5.91 Å². The molecule has 0 fully saturated rings. The van der Waals surface area contributed by atoms with E-state index in [9.17, 15) is 4.79 Å². The maximum atomic E-state index is 11.3. The number of nitriles is 1. The van der Waals surface area contributed by atoms with Crippen molar-refractivity contribution in [1.82, 2.24) is 5.32 Å². The van der Waals surface area contributed by atoms with Gasteiger partial charge >= 0.3 is 0 Å². The van der Waals surface area contributed by atoms with E-state index in [1.807, 2.05) is 43.3 Å². The second-order valence-corrected chi connectivity index (χ2v) is 6.05. The zero-order valence-corrected chi connectivity index (χ0v) is 14.3. The van der Waals surface area contributed by atoms with E-state index >= 15 is 0 Å². The molecule has 0 radical (unpaired) electrons. The molecule has 0 atom stereocenters. The fourth-order valence-corrected chi connectivity index (χ4v) is 2.34. The number of ether oxygens (including phenoxy) is 1. The van der Waals surface area contributed by atoms with E-state index < -0.39 is 0 Å². The summed E-state index contributed by atoms with van der Waals surface area (Å²) in [6.45, 7) is 6.74. The van der Waals surface area contributed by atoms with Gasteiger partial charge in [0.2, 0.25) is 5.91 Å². The van der Waals surface area contributed by atoms with Gasteiger partial charge in [-0.15, -0.1) is 0 Å². The number of benzene rings is 2. The third-order valence-corrected chi connectivity index (χ3v) is 3.67. The SMILES string of the molecule is Cc1ccc(C(C)C)c(Oc2ccc(CNC(=O)CC#N)cc2)c1. The van der Waals surface area contributed by atoms with Crippen molar-refractivity contribution in [3.63, 3.8) is 0 Å². The number of amides is 1. The summed E-state index contributed by atoms with van der Waals surface area (Å²) in [4.78, 5) is 11.3. The van der Waals surface area contributed by atoms with E-state index in [0.29, 0.717) is 12.5 Å². The van der Waals surface area contributed by atoms with Crippen molar-refractivity contribution in [2.24, 2.45) is 0 Å². The molecule has 0 bridgehead atoms. The van der Waals surface area contributed by atoms with Crippen LogP contribution in [0.25, 0.3) is 0 Å². The average molecular weight is 322 g/mol. The van der Waals surface area contributed by atoms with Crippen LogP contribution < -0.4 is 10.1 Å². The van der Waals surface area contributed by atoms with Gasteiger partial charge in [0, 0.05) is 6.54 Å². The minimum Gasteiger partial charge on any atom is -0.457 e. The summed E-state index contributed by atoms with van der Waals surface area (Å²) in [5.41, 5.74) is 3.29. The van der Waals surface area contributed by atoms with Gasteiger partial charge in [0.1, 0.15) is 17.9 Å². The standard InChI is InChI=1S/C20H22N2O2/c1-14(2)18-9-4-15(3)12-19(18)24-17-7-5-16(6-8-17)13-22-20(23)10-11-21/h4-9,12,14H,10,13H2,1-3H3,(H,22,23). The first-order chi connectivity index (χ1) is 11.5. The minimum absolute atomic E-state index is 0.119. The molecule has 0 spiro atoms. The number of hydrogen-bond acceptors (Lipinski definition) is 3. The Kier molecular flexibility index (Phi) is 5.97. The fourth-order valence-electron chi connectivity index (χ4n) is 2.34. The number of rotatable bonds is 6. The van der Waals surface area contributed by atoms with Crippen LogP contribution in [0.15, 0.2) is 42.5 Å². The van der Waals surface area contributed by atoms with Crippen LogP contribution in [0.5, 0.6) is 11.5 Å². The van der Waals surface area contributed by atoms with Crippen molar-refractivity contribution in [2.45, 2.75) is 39.7 Å². The molecule has 0 saturated carbocycles. The summed E-state index contributed by atoms with van der Waals surface area (Å²) in [7, 11) is 0. The van der Waals surface area contributed by atoms with Gasteiger partial charge in [0.15, 0.2) is 0 Å². The molecule has 24 heavy (non-hydrogen) atoms. The molecule has 0 heterocycles. The lowest BCUT2D eigenvalue weighted by atomic mass is 10.0. The third-order valence-electron chi connectivity index (χ3n) is 3.67. The average Bonchev–Trinajstić information content (AvgIpc) is 2.54. The molecule has 2 aromatic carbocycles. The van der Waals surface area contributed by atoms with Crippen LogP contribution in [-0.2, 0) is 11.3 Å². The summed E-state index contributed by atoms with van der Waals surface area (Å²) < 4.78 is 6.04. The van der Waals surface area contributed by atoms with Gasteiger partial charge in [-0.05, 0) is 47.7 Å². The molecule has 4 nitrogen and oxygen atoms in total. The highest BCUT2D eigenvalue weighted by Crippen LogP contribution is 2.31. The maximum absolute atomic E-state index is 11.3. The zero-order valence-electron chi connectivity index (χ0n) is 14.3. The summed E-state index contributed by atoms with van der Waals surface area (Å²) in [6, 6.07) is 15.7. The van der Waals surface area contributed by atoms with Crippen molar-refractivity contribution in [1.29, 1.82) is 5.26 Å². The number of nitrogens with zero attached hydrogens (tertiary/aromatic N) is 1. The maximum Gasteiger partial charge on any atom is 0.234 e. The molecule has 0 aliphatic carbocycles. The molecule has 0 unspecified atom stereocenters. The number of carbonyl (C=O) groups excluding carboxylic acids is 1. The largest absolute Gasteiger partial charge is 0.457 e. The first-order valence-corrected chi connectivity index (χ1v) is 8.00. The van der Waals surface area contributed by atoms with Gasteiger partial charge in [-0.3, -0.25) is 4.79 Å². The summed E-state index contributed by atoms with van der Waals surface area (Å²) in [5, 5.41) is 11.2. The van der Waals surface area contributed by atoms with Crippen LogP contribution >= 0.6 is 0 Å². The van der Waals surface area contributed by atoms with Gasteiger partial charge in [-0.2, -0.15) is 5.26 Å². The van der Waals surface area contributed by atoms with E-state index in [1.54, 1.807) is 0 Å². The first kappa shape index (κ1) is 17.6. The minimum atomic E-state index is -0.265. The van der Waals surface area contributed by atoms with Crippen molar-refractivity contribution in [2.75, 3.05) is 0 Å². The van der Waals surface area contributed by atoms with Crippen molar-refractivity contribution < 1.29 is 9.53 Å². The Bertz CT molecular complexity index is 743. The van der Waals surface area contributed by atoms with Crippen LogP contribution in [0.4, 0.5) is 0 Å². The molecule has 4 heteroatoms. The molecule has 2 rings (SSSR count). The molecule has 0 saturated heterocycles. The van der Waals surface area contributed by atoms with Crippen LogP contribution in [-0.4, -0.2) is 5.91 Å². The van der Waals surface area contributed by atoms with Crippen molar-refractivity contribution in [3.05, 3.63) is 59.2 Å². The molecule has 1 N–H and O–H groups in total. The number of carbonyl (C=O) groups is 1. The molecule has 0 aliphatic rings. The van der Waals surface area contributed by atoms with Crippen molar-refractivity contribution in [3.8, 4) is 17.6 Å². The Balaban J connectivity index is 2.06. The monoisotopic (exact) mass is 322 g/mol. The molecular weight excluding hydrogens is 300 g/mol. The summed E-state index contributed by atoms with van der Waals surface area (Å²) in [6.07, 6.45) is -0.119. The lowest BCUT2D eigenvalue weighted by molar-refractivity contribution is -0.120. The normalized spacial score (nSPS) is 10.3. The summed E-state index contributed by atoms with van der Waals surface area (Å²) >= 11 is 0. The number of aryl methyl sites for hydroxylation is 1. The van der Waals surface area contributed by atoms with Crippen LogP contribution in [0.3, 0.4) is 0 Å². The van der Waals surface area contributed by atoms with E-state index in [-0.39, 0.29) is 12.3 Å². The van der Waals surface area contributed by atoms with Crippen LogP contribution in [0.1, 0.15) is 42.9 Å². The Morgan fingerprint density at radius 2 is 1.92 bits per heavy atom. The second-order valence-electron chi connectivity index (χ2n) is 6.05. The Morgan fingerprint density at radius 1 is 1.21 bits per heavy atom. The molecule has 124 valence electrons. The van der Waals surface area contributed by atoms with Gasteiger partial charge in [-0.1, -0.05) is 38.1 Å². The lowest BCUT2D eigenvalue weighted by Gasteiger charge is -2.15. The molecule has 0 aliphatic heterocycles. The highest BCUT2D eigenvalue weighted by Gasteiger charge is 2.09. The van der Waals surface area contributed by atoms with Crippen LogP contribution in [0.2, 0.25) is 0 Å². The molecule has 2 aromatic rings. The van der Waals surface area contributed by atoms with Gasteiger partial charge in [0.05, 0.1) is 6.07 Å². The molecule has 0 aromatic heterocycles. The van der Waals surface area contributed by atoms with Gasteiger partial charge < -0.3 is 10.1 Å². The highest BCUT2D eigenvalue weighted by atomic mass is 16.5. The quantitative estimate of drug-likeness (QED) is 0.855. The highest BCUT2D eigenvalue weighted by molar-refractivity contribution is 5.77. The lowest BCUT2D eigenvalue weighted by Crippen LogP contribution is -2.21. The van der Waals surface area contributed by atoms with Gasteiger partial charge in [0.25, 0.3) is 0 Å². The predicted molar refractivity (Wildman–Crippen MR) is 93.9 cm³/mol. The molecular formula is C20H22N2O2. The Hall–Kier alpha value is -2.80. The molecule has 1 amide bonds. The number of hydrogen-bond donors (Lipinski definition) is 1. The van der Waals surface area contributed by atoms with E-state index in [2.05, 4.69) is 31.3 Å². The van der Waals surface area contributed by atoms with E-state index in [0.717, 1.165) is 22.6 Å². The Labute approximate surface area is 143 Å². The zero-order chi connectivity index (χ0) is 17.5. The van der Waals surface area contributed by atoms with E-state index in [1.165, 1.54) is 5.56 Å². The van der Waals surface area contributed by atoms with Crippen LogP contribution in [0, 0.1) is 18.3 Å². The first-order valence-electron chi connectivity index (χ1n) is 8.00. The second kappa shape index (κ2) is 8.16. The topological polar surface area (TPSA) is 62.1 Å². The third kappa shape index (κ3) is 4.85. The van der Waals surface area contributed by atoms with E-state index in [4.69, 9.17) is 10.00 Å². The number of nitrogens with one attached hydrogen (secondary N) is 1. The summed E-state index contributed by atoms with van der Waals surface area (Å²) in [5.74, 6) is 1.75. The van der Waals surface area contributed by atoms with Gasteiger partial charge in [-0.25, -0.2) is 0 Å². The predicted octanol–water partition coefficient (Wildman–Crippen LogP) is 4.44. The fraction of sp³-hybridized carbons (Fsp3) is 0.300. The Morgan fingerprint density at radius 3 is 2.54 bits per heavy atom.